The number of hydrogen-bond acceptors (Lipinski definition) is 9. The summed E-state index contributed by atoms with van der Waals surface area (Å²) in [5, 5.41) is 31.0. The molecule has 1 aliphatic carbocycles. The first kappa shape index (κ1) is 21.2. The maximum atomic E-state index is 10.2. The zero-order valence-electron chi connectivity index (χ0n) is 17.7. The number of halogens is 1. The Bertz CT molecular complexity index is 1310. The van der Waals surface area contributed by atoms with Crippen LogP contribution in [0.1, 0.15) is 18.4 Å². The summed E-state index contributed by atoms with van der Waals surface area (Å²) in [6, 6.07) is 5.74. The number of methoxy groups -OCH3 is 1. The molecule has 12 heteroatoms. The molecule has 0 bridgehead atoms. The van der Waals surface area contributed by atoms with Gasteiger partial charge in [-0.3, -0.25) is 0 Å². The number of nitrogens with one attached hydrogen (secondary N) is 2. The number of rotatable bonds is 6. The van der Waals surface area contributed by atoms with Crippen molar-refractivity contribution in [3.05, 3.63) is 40.3 Å². The van der Waals surface area contributed by atoms with Crippen LogP contribution in [0.4, 0.5) is 29.0 Å². The maximum absolute atomic E-state index is 10.2. The van der Waals surface area contributed by atoms with Crippen LogP contribution >= 0.6 is 11.6 Å². The first-order chi connectivity index (χ1) is 16.0. The second-order valence-corrected chi connectivity index (χ2v) is 8.38. The Balaban J connectivity index is 1.54. The van der Waals surface area contributed by atoms with Crippen molar-refractivity contribution < 1.29 is 9.84 Å². The number of aliphatic hydroxyl groups is 1. The van der Waals surface area contributed by atoms with Crippen molar-refractivity contribution in [3.63, 3.8) is 0 Å². The van der Waals surface area contributed by atoms with Crippen molar-refractivity contribution in [2.75, 3.05) is 35.7 Å². The highest BCUT2D eigenvalue weighted by Gasteiger charge is 2.33. The fourth-order valence-corrected chi connectivity index (χ4v) is 4.09. The van der Waals surface area contributed by atoms with Crippen molar-refractivity contribution in [2.45, 2.75) is 31.1 Å². The molecule has 3 aromatic rings. The maximum Gasteiger partial charge on any atom is 0.275 e. The Hall–Kier alpha value is -3.64. The van der Waals surface area contributed by atoms with Gasteiger partial charge in [-0.1, -0.05) is 23.3 Å². The van der Waals surface area contributed by atoms with Gasteiger partial charge in [0.1, 0.15) is 6.10 Å². The van der Waals surface area contributed by atoms with Crippen LogP contribution in [-0.2, 0) is 4.74 Å². The van der Waals surface area contributed by atoms with Gasteiger partial charge in [-0.2, -0.15) is 10.2 Å². The van der Waals surface area contributed by atoms with Crippen LogP contribution in [0.2, 0.25) is 5.02 Å². The number of imidazole rings is 1. The van der Waals surface area contributed by atoms with E-state index in [4.69, 9.17) is 22.9 Å². The highest BCUT2D eigenvalue weighted by molar-refractivity contribution is 6.36. The molecule has 0 amide bonds. The van der Waals surface area contributed by atoms with E-state index in [0.717, 1.165) is 12.8 Å². The monoisotopic (exact) mass is 465 g/mol. The van der Waals surface area contributed by atoms with Gasteiger partial charge in [0.2, 0.25) is 0 Å². The molecule has 2 aromatic heterocycles. The van der Waals surface area contributed by atoms with Crippen LogP contribution in [0.25, 0.3) is 10.5 Å². The number of aliphatic hydroxyl groups excluding tert-OH is 1. The van der Waals surface area contributed by atoms with E-state index >= 15 is 0 Å². The summed E-state index contributed by atoms with van der Waals surface area (Å²) in [7, 11) is 1.55. The van der Waals surface area contributed by atoms with E-state index in [-0.39, 0.29) is 17.9 Å². The number of β-amino-alcohol motifs (C(OH)–C–C–N with tert-alkyl or cyclic N) is 1. The Morgan fingerprint density at radius 2 is 2.18 bits per heavy atom. The molecule has 2 aliphatic rings. The van der Waals surface area contributed by atoms with Gasteiger partial charge in [0.05, 0.1) is 40.3 Å². The lowest BCUT2D eigenvalue weighted by molar-refractivity contribution is 0.0217. The number of anilines is 4. The zero-order chi connectivity index (χ0) is 23.1. The van der Waals surface area contributed by atoms with Crippen LogP contribution < -0.4 is 15.5 Å². The molecule has 168 valence electrons. The van der Waals surface area contributed by atoms with Crippen LogP contribution in [0.3, 0.4) is 0 Å². The van der Waals surface area contributed by atoms with Crippen LogP contribution in [-0.4, -0.2) is 63.1 Å². The fraction of sp³-hybridized carbons (Fsp3) is 0.381. The van der Waals surface area contributed by atoms with Gasteiger partial charge in [0.25, 0.3) is 17.4 Å². The summed E-state index contributed by atoms with van der Waals surface area (Å²) < 4.78 is 6.75. The van der Waals surface area contributed by atoms with Crippen molar-refractivity contribution >= 4 is 46.2 Å². The molecule has 3 N–H and O–H groups in total. The molecule has 0 radical (unpaired) electrons. The van der Waals surface area contributed by atoms with E-state index in [1.807, 2.05) is 4.90 Å². The Morgan fingerprint density at radius 3 is 2.85 bits per heavy atom. The van der Waals surface area contributed by atoms with Gasteiger partial charge in [-0.15, -0.1) is 4.52 Å². The first-order valence-corrected chi connectivity index (χ1v) is 10.7. The van der Waals surface area contributed by atoms with Crippen LogP contribution in [0, 0.1) is 17.9 Å². The topological polar surface area (TPSA) is 128 Å². The molecule has 1 saturated heterocycles. The van der Waals surface area contributed by atoms with Crippen LogP contribution in [0.5, 0.6) is 0 Å². The van der Waals surface area contributed by atoms with Crippen molar-refractivity contribution in [2.24, 2.45) is 0 Å². The second kappa shape index (κ2) is 8.37. The molecule has 33 heavy (non-hydrogen) atoms. The lowest BCUT2D eigenvalue weighted by atomic mass is 10.1. The third-order valence-electron chi connectivity index (χ3n) is 5.69. The zero-order valence-corrected chi connectivity index (χ0v) is 18.4. The summed E-state index contributed by atoms with van der Waals surface area (Å²) in [6.45, 7) is 8.15. The summed E-state index contributed by atoms with van der Waals surface area (Å²) in [5.74, 6) is 0.972. The third kappa shape index (κ3) is 3.98. The second-order valence-electron chi connectivity index (χ2n) is 8.01. The minimum atomic E-state index is -0.664. The number of aromatic nitrogens is 4. The molecular weight excluding hydrogens is 446 g/mol. The Labute approximate surface area is 194 Å². The van der Waals surface area contributed by atoms with Gasteiger partial charge in [0, 0.05) is 26.2 Å². The van der Waals surface area contributed by atoms with Gasteiger partial charge in [-0.25, -0.2) is 4.98 Å². The molecule has 3 heterocycles. The smallest absolute Gasteiger partial charge is 0.275 e. The quantitative estimate of drug-likeness (QED) is 0.470. The minimum Gasteiger partial charge on any atom is -0.388 e. The van der Waals surface area contributed by atoms with Gasteiger partial charge >= 0.3 is 0 Å². The minimum absolute atomic E-state index is 0.202. The number of hydrogen-bond donors (Lipinski definition) is 3. The highest BCUT2D eigenvalue weighted by atomic mass is 35.5. The molecular formula is C21H20ClN9O2. The van der Waals surface area contributed by atoms with Gasteiger partial charge in [-0.05, 0) is 25.0 Å². The Morgan fingerprint density at radius 1 is 1.36 bits per heavy atom. The molecule has 2 fully saturated rings. The molecule has 1 aliphatic heterocycles. The average Bonchev–Trinajstić information content (AvgIpc) is 3.40. The summed E-state index contributed by atoms with van der Waals surface area (Å²) in [4.78, 5) is 14.2. The van der Waals surface area contributed by atoms with E-state index in [1.165, 1.54) is 10.7 Å². The number of nitriles is 1. The first-order valence-electron chi connectivity index (χ1n) is 10.4. The molecule has 1 aromatic carbocycles. The lowest BCUT2D eigenvalue weighted by Crippen LogP contribution is -2.25. The van der Waals surface area contributed by atoms with E-state index in [1.54, 1.807) is 19.2 Å². The normalized spacial score (nSPS) is 20.0. The predicted molar refractivity (Wildman–Crippen MR) is 122 cm³/mol. The third-order valence-corrected chi connectivity index (χ3v) is 6.08. The fourth-order valence-electron chi connectivity index (χ4n) is 3.82. The SMILES string of the molecule is [C-]#[N+]c1cnc2c(NC3CC3)nc(Nc3cc(C#N)cc(N4C[C@@H](O)[C@H](OC)C4)c3Cl)nn12. The highest BCUT2D eigenvalue weighted by Crippen LogP contribution is 2.38. The van der Waals surface area contributed by atoms with E-state index in [0.29, 0.717) is 52.6 Å². The summed E-state index contributed by atoms with van der Waals surface area (Å²) >= 11 is 6.72. The summed E-state index contributed by atoms with van der Waals surface area (Å²) in [6.07, 6.45) is 2.52. The van der Waals surface area contributed by atoms with Gasteiger partial charge in [0.15, 0.2) is 5.82 Å². The van der Waals surface area contributed by atoms with Gasteiger partial charge < -0.3 is 30.2 Å². The van der Waals surface area contributed by atoms with E-state index < -0.39 is 6.10 Å². The largest absolute Gasteiger partial charge is 0.388 e. The molecule has 0 unspecified atom stereocenters. The molecule has 1 saturated carbocycles. The summed E-state index contributed by atoms with van der Waals surface area (Å²) in [5.41, 5.74) is 1.88. The average molecular weight is 466 g/mol. The molecule has 0 spiro atoms. The number of nitrogens with zero attached hydrogens (tertiary/aromatic N) is 7. The molecule has 5 rings (SSSR count). The predicted octanol–water partition coefficient (Wildman–Crippen LogP) is 2.71. The van der Waals surface area contributed by atoms with Crippen LogP contribution in [0.15, 0.2) is 18.3 Å². The van der Waals surface area contributed by atoms with Crippen molar-refractivity contribution in [3.8, 4) is 6.07 Å². The van der Waals surface area contributed by atoms with Crippen molar-refractivity contribution in [1.29, 1.82) is 5.26 Å². The number of fused-ring (bicyclic) bond motifs is 1. The standard InChI is InChI=1S/C21H20ClN9O2/c1-24-17-8-25-20-19(26-12-3-4-12)28-21(29-31(17)20)27-13-5-11(7-23)6-14(18(13)22)30-9-15(32)16(10-30)33-2/h5-6,8,12,15-16,32H,3-4,9-10H2,2H3,(H2,26,27,28,29)/t15-,16-/m1/s1. The Kier molecular flexibility index (Phi) is 5.38. The van der Waals surface area contributed by atoms with E-state index in [2.05, 4.69) is 36.6 Å². The number of benzene rings is 1. The number of ether oxygens (including phenoxy) is 1. The van der Waals surface area contributed by atoms with Crippen molar-refractivity contribution in [1.82, 2.24) is 19.6 Å². The molecule has 2 atom stereocenters. The van der Waals surface area contributed by atoms with E-state index in [9.17, 15) is 10.4 Å². The lowest BCUT2D eigenvalue weighted by Gasteiger charge is -2.21. The molecule has 11 nitrogen and oxygen atoms in total.